The highest BCUT2D eigenvalue weighted by molar-refractivity contribution is 5.92. The van der Waals surface area contributed by atoms with Crippen molar-refractivity contribution in [3.63, 3.8) is 0 Å². The van der Waals surface area contributed by atoms with E-state index in [4.69, 9.17) is 0 Å². The predicted molar refractivity (Wildman–Crippen MR) is 79.8 cm³/mol. The van der Waals surface area contributed by atoms with Gasteiger partial charge in [0.2, 0.25) is 0 Å². The summed E-state index contributed by atoms with van der Waals surface area (Å²) in [5.74, 6) is -0.0325. The van der Waals surface area contributed by atoms with Gasteiger partial charge in [0.25, 0.3) is 5.91 Å². The van der Waals surface area contributed by atoms with Crippen molar-refractivity contribution in [1.82, 2.24) is 10.3 Å². The van der Waals surface area contributed by atoms with E-state index in [1.807, 2.05) is 12.1 Å². The number of rotatable bonds is 4. The third kappa shape index (κ3) is 3.71. The maximum Gasteiger partial charge on any atom is 0.270 e. The van der Waals surface area contributed by atoms with Gasteiger partial charge >= 0.3 is 0 Å². The molecule has 0 bridgehead atoms. The Bertz CT molecular complexity index is 445. The molecule has 4 nitrogen and oxygen atoms in total. The van der Waals surface area contributed by atoms with E-state index in [-0.39, 0.29) is 5.91 Å². The molecule has 2 aliphatic carbocycles. The number of aromatic nitrogens is 1. The fraction of sp³-hybridized carbons (Fsp3) is 0.625. The molecular weight excluding hydrogens is 250 g/mol. The standard InChI is InChI=1S/C16H23N3O/c20-16(19-12-5-3-1-2-4-6-12)15-10-9-14(11-17-15)18-13-7-8-13/h9-13,18H,1-8H2,(H,19,20). The number of pyridine rings is 1. The van der Waals surface area contributed by atoms with Crippen LogP contribution in [-0.2, 0) is 0 Å². The Balaban J connectivity index is 1.55. The summed E-state index contributed by atoms with van der Waals surface area (Å²) in [7, 11) is 0. The first-order valence-corrected chi connectivity index (χ1v) is 7.85. The fourth-order valence-electron chi connectivity index (χ4n) is 2.76. The first-order chi connectivity index (χ1) is 9.81. The van der Waals surface area contributed by atoms with E-state index in [0.717, 1.165) is 18.5 Å². The zero-order valence-electron chi connectivity index (χ0n) is 11.9. The predicted octanol–water partition coefficient (Wildman–Crippen LogP) is 3.11. The lowest BCUT2D eigenvalue weighted by molar-refractivity contribution is 0.0928. The molecule has 0 aliphatic heterocycles. The molecule has 1 heterocycles. The van der Waals surface area contributed by atoms with E-state index in [2.05, 4.69) is 15.6 Å². The Morgan fingerprint density at radius 3 is 2.35 bits per heavy atom. The maximum absolute atomic E-state index is 12.2. The molecule has 0 aromatic carbocycles. The number of hydrogen-bond acceptors (Lipinski definition) is 3. The largest absolute Gasteiger partial charge is 0.381 e. The number of carbonyl (C=O) groups is 1. The molecule has 0 atom stereocenters. The summed E-state index contributed by atoms with van der Waals surface area (Å²) < 4.78 is 0. The summed E-state index contributed by atoms with van der Waals surface area (Å²) in [6.07, 6.45) is 11.5. The van der Waals surface area contributed by atoms with Gasteiger partial charge in [0.15, 0.2) is 0 Å². The van der Waals surface area contributed by atoms with E-state index >= 15 is 0 Å². The molecule has 2 N–H and O–H groups in total. The summed E-state index contributed by atoms with van der Waals surface area (Å²) in [4.78, 5) is 16.5. The number of anilines is 1. The van der Waals surface area contributed by atoms with Crippen molar-refractivity contribution >= 4 is 11.6 Å². The molecule has 20 heavy (non-hydrogen) atoms. The lowest BCUT2D eigenvalue weighted by Crippen LogP contribution is -2.34. The molecule has 2 saturated carbocycles. The van der Waals surface area contributed by atoms with Gasteiger partial charge in [-0.25, -0.2) is 4.98 Å². The van der Waals surface area contributed by atoms with Gasteiger partial charge in [-0.1, -0.05) is 25.7 Å². The average molecular weight is 273 g/mol. The number of nitrogens with zero attached hydrogens (tertiary/aromatic N) is 1. The number of amides is 1. The molecule has 0 saturated heterocycles. The minimum absolute atomic E-state index is 0.0325. The number of hydrogen-bond donors (Lipinski definition) is 2. The van der Waals surface area contributed by atoms with Gasteiger partial charge in [0.1, 0.15) is 5.69 Å². The van der Waals surface area contributed by atoms with Crippen molar-refractivity contribution in [2.45, 2.75) is 63.5 Å². The van der Waals surface area contributed by atoms with Gasteiger partial charge in [0, 0.05) is 12.1 Å². The average Bonchev–Trinajstić information content (AvgIpc) is 3.27. The maximum atomic E-state index is 12.2. The van der Waals surface area contributed by atoms with Crippen LogP contribution in [0.3, 0.4) is 0 Å². The fourth-order valence-corrected chi connectivity index (χ4v) is 2.76. The smallest absolute Gasteiger partial charge is 0.270 e. The third-order valence-electron chi connectivity index (χ3n) is 4.13. The molecule has 1 aromatic rings. The normalized spacial score (nSPS) is 20.2. The van der Waals surface area contributed by atoms with Crippen LogP contribution in [0, 0.1) is 0 Å². The van der Waals surface area contributed by atoms with Crippen LogP contribution >= 0.6 is 0 Å². The second kappa shape index (κ2) is 6.25. The van der Waals surface area contributed by atoms with Gasteiger partial charge < -0.3 is 10.6 Å². The molecule has 3 rings (SSSR count). The van der Waals surface area contributed by atoms with Crippen LogP contribution in [0.5, 0.6) is 0 Å². The molecule has 1 aromatic heterocycles. The van der Waals surface area contributed by atoms with E-state index in [1.165, 1.54) is 38.5 Å². The highest BCUT2D eigenvalue weighted by Gasteiger charge is 2.21. The second-order valence-electron chi connectivity index (χ2n) is 6.01. The Kier molecular flexibility index (Phi) is 4.19. The second-order valence-corrected chi connectivity index (χ2v) is 6.01. The van der Waals surface area contributed by atoms with Crippen LogP contribution in [0.4, 0.5) is 5.69 Å². The van der Waals surface area contributed by atoms with Gasteiger partial charge in [0.05, 0.1) is 11.9 Å². The monoisotopic (exact) mass is 273 g/mol. The van der Waals surface area contributed by atoms with E-state index in [1.54, 1.807) is 6.20 Å². The highest BCUT2D eigenvalue weighted by atomic mass is 16.1. The zero-order chi connectivity index (χ0) is 13.8. The van der Waals surface area contributed by atoms with Crippen molar-refractivity contribution in [2.24, 2.45) is 0 Å². The minimum Gasteiger partial charge on any atom is -0.381 e. The van der Waals surface area contributed by atoms with Crippen LogP contribution in [0.2, 0.25) is 0 Å². The SMILES string of the molecule is O=C(NC1CCCCCC1)c1ccc(NC2CC2)cn1. The molecule has 0 spiro atoms. The van der Waals surface area contributed by atoms with Crippen LogP contribution in [0.15, 0.2) is 18.3 Å². The first-order valence-electron chi connectivity index (χ1n) is 7.85. The Labute approximate surface area is 120 Å². The van der Waals surface area contributed by atoms with E-state index < -0.39 is 0 Å². The van der Waals surface area contributed by atoms with Crippen LogP contribution < -0.4 is 10.6 Å². The Hall–Kier alpha value is -1.58. The van der Waals surface area contributed by atoms with Crippen molar-refractivity contribution < 1.29 is 4.79 Å². The van der Waals surface area contributed by atoms with Gasteiger partial charge in [-0.15, -0.1) is 0 Å². The van der Waals surface area contributed by atoms with Crippen molar-refractivity contribution in [3.8, 4) is 0 Å². The van der Waals surface area contributed by atoms with Crippen LogP contribution in [0.25, 0.3) is 0 Å². The quantitative estimate of drug-likeness (QED) is 0.829. The summed E-state index contributed by atoms with van der Waals surface area (Å²) in [5, 5.41) is 6.50. The topological polar surface area (TPSA) is 54.0 Å². The Morgan fingerprint density at radius 1 is 1.00 bits per heavy atom. The van der Waals surface area contributed by atoms with E-state index in [0.29, 0.717) is 17.8 Å². The van der Waals surface area contributed by atoms with Crippen molar-refractivity contribution in [3.05, 3.63) is 24.0 Å². The summed E-state index contributed by atoms with van der Waals surface area (Å²) in [5.41, 5.74) is 1.54. The summed E-state index contributed by atoms with van der Waals surface area (Å²) >= 11 is 0. The molecule has 108 valence electrons. The Morgan fingerprint density at radius 2 is 1.75 bits per heavy atom. The molecule has 2 fully saturated rings. The molecule has 1 amide bonds. The molecule has 2 aliphatic rings. The summed E-state index contributed by atoms with van der Waals surface area (Å²) in [6, 6.07) is 4.71. The third-order valence-corrected chi connectivity index (χ3v) is 4.13. The van der Waals surface area contributed by atoms with Crippen LogP contribution in [0.1, 0.15) is 61.9 Å². The van der Waals surface area contributed by atoms with Crippen molar-refractivity contribution in [2.75, 3.05) is 5.32 Å². The lowest BCUT2D eigenvalue weighted by atomic mass is 10.1. The summed E-state index contributed by atoms with van der Waals surface area (Å²) in [6.45, 7) is 0. The molecule has 4 heteroatoms. The molecular formula is C16H23N3O. The number of nitrogens with one attached hydrogen (secondary N) is 2. The minimum atomic E-state index is -0.0325. The van der Waals surface area contributed by atoms with Gasteiger partial charge in [-0.3, -0.25) is 4.79 Å². The van der Waals surface area contributed by atoms with Crippen LogP contribution in [-0.4, -0.2) is 23.0 Å². The number of carbonyl (C=O) groups excluding carboxylic acids is 1. The van der Waals surface area contributed by atoms with Crippen molar-refractivity contribution in [1.29, 1.82) is 0 Å². The zero-order valence-corrected chi connectivity index (χ0v) is 11.9. The lowest BCUT2D eigenvalue weighted by Gasteiger charge is -2.15. The highest BCUT2D eigenvalue weighted by Crippen LogP contribution is 2.24. The van der Waals surface area contributed by atoms with E-state index in [9.17, 15) is 4.79 Å². The molecule has 0 radical (unpaired) electrons. The first kappa shape index (κ1) is 13.4. The van der Waals surface area contributed by atoms with Gasteiger partial charge in [-0.05, 0) is 37.8 Å². The van der Waals surface area contributed by atoms with Gasteiger partial charge in [-0.2, -0.15) is 0 Å². The molecule has 0 unspecified atom stereocenters.